The highest BCUT2D eigenvalue weighted by Crippen LogP contribution is 2.20. The van der Waals surface area contributed by atoms with Gasteiger partial charge in [-0.2, -0.15) is 5.10 Å². The van der Waals surface area contributed by atoms with Crippen LogP contribution in [0.15, 0.2) is 64.0 Å². The number of nitrogens with zero attached hydrogens (tertiary/aromatic N) is 2. The number of fused-ring (bicyclic) bond motifs is 2. The number of hydrogen-bond acceptors (Lipinski definition) is 4. The third-order valence-electron chi connectivity index (χ3n) is 4.10. The molecule has 0 fully saturated rings. The third kappa shape index (κ3) is 2.78. The van der Waals surface area contributed by atoms with Gasteiger partial charge in [0.25, 0.3) is 5.56 Å². The fraction of sp³-hybridized carbons (Fsp3) is 0.105. The lowest BCUT2D eigenvalue weighted by Gasteiger charge is -2.09. The van der Waals surface area contributed by atoms with Crippen LogP contribution in [-0.2, 0) is 18.3 Å². The van der Waals surface area contributed by atoms with Crippen molar-refractivity contribution in [3.63, 3.8) is 0 Å². The van der Waals surface area contributed by atoms with Gasteiger partial charge in [-0.15, -0.1) is 0 Å². The van der Waals surface area contributed by atoms with E-state index in [4.69, 9.17) is 4.42 Å². The van der Waals surface area contributed by atoms with Crippen LogP contribution in [0.4, 0.5) is 5.69 Å². The highest BCUT2D eigenvalue weighted by atomic mass is 16.3. The molecule has 0 radical (unpaired) electrons. The van der Waals surface area contributed by atoms with Crippen molar-refractivity contribution in [2.75, 3.05) is 5.32 Å². The van der Waals surface area contributed by atoms with Crippen molar-refractivity contribution in [1.82, 2.24) is 9.78 Å². The summed E-state index contributed by atoms with van der Waals surface area (Å²) in [6.07, 6.45) is 1.69. The molecule has 124 valence electrons. The van der Waals surface area contributed by atoms with Gasteiger partial charge in [-0.05, 0) is 30.3 Å². The molecule has 0 bridgehead atoms. The van der Waals surface area contributed by atoms with Crippen LogP contribution in [0.3, 0.4) is 0 Å². The topological polar surface area (TPSA) is 77.1 Å². The second-order valence-corrected chi connectivity index (χ2v) is 5.82. The zero-order chi connectivity index (χ0) is 17.4. The van der Waals surface area contributed by atoms with E-state index < -0.39 is 0 Å². The molecule has 4 aromatic rings. The largest absolute Gasteiger partial charge is 0.464 e. The van der Waals surface area contributed by atoms with E-state index in [2.05, 4.69) is 10.4 Å². The van der Waals surface area contributed by atoms with Crippen LogP contribution in [-0.4, -0.2) is 15.7 Å². The zero-order valence-corrected chi connectivity index (χ0v) is 13.5. The predicted octanol–water partition coefficient (Wildman–Crippen LogP) is 2.86. The van der Waals surface area contributed by atoms with Crippen LogP contribution in [0, 0.1) is 0 Å². The summed E-state index contributed by atoms with van der Waals surface area (Å²) in [5.74, 6) is -0.195. The van der Waals surface area contributed by atoms with Crippen LogP contribution in [0.5, 0.6) is 0 Å². The number of nitrogens with one attached hydrogen (secondary N) is 1. The number of anilines is 1. The first kappa shape index (κ1) is 15.1. The van der Waals surface area contributed by atoms with Gasteiger partial charge in [0.2, 0.25) is 5.91 Å². The number of furan rings is 1. The lowest BCUT2D eigenvalue weighted by Crippen LogP contribution is -2.24. The van der Waals surface area contributed by atoms with E-state index in [0.29, 0.717) is 22.2 Å². The summed E-state index contributed by atoms with van der Waals surface area (Å²) in [5, 5.41) is 9.29. The van der Waals surface area contributed by atoms with Crippen LogP contribution in [0.1, 0.15) is 5.69 Å². The molecule has 0 aliphatic carbocycles. The maximum atomic E-state index is 12.4. The number of aryl methyl sites for hydroxylation is 1. The van der Waals surface area contributed by atoms with Crippen molar-refractivity contribution in [1.29, 1.82) is 0 Å². The minimum absolute atomic E-state index is 0.0814. The molecule has 0 atom stereocenters. The summed E-state index contributed by atoms with van der Waals surface area (Å²) >= 11 is 0. The van der Waals surface area contributed by atoms with Gasteiger partial charge in [-0.1, -0.05) is 18.2 Å². The van der Waals surface area contributed by atoms with E-state index in [0.717, 1.165) is 11.0 Å². The molecule has 0 aliphatic rings. The Bertz CT molecular complexity index is 1160. The SMILES string of the molecule is Cn1nc(CC(=O)Nc2ccc3occc3c2)c2ccccc2c1=O. The second-order valence-electron chi connectivity index (χ2n) is 5.82. The Hall–Kier alpha value is -3.41. The Morgan fingerprint density at radius 2 is 1.96 bits per heavy atom. The monoisotopic (exact) mass is 333 g/mol. The van der Waals surface area contributed by atoms with Crippen molar-refractivity contribution < 1.29 is 9.21 Å². The molecule has 0 saturated carbocycles. The Morgan fingerprint density at radius 3 is 2.80 bits per heavy atom. The Kier molecular flexibility index (Phi) is 3.57. The average Bonchev–Trinajstić information content (AvgIpc) is 3.07. The summed E-state index contributed by atoms with van der Waals surface area (Å²) in [6, 6.07) is 14.5. The van der Waals surface area contributed by atoms with Gasteiger partial charge in [-0.3, -0.25) is 9.59 Å². The van der Waals surface area contributed by atoms with Crippen molar-refractivity contribution >= 4 is 33.3 Å². The molecule has 25 heavy (non-hydrogen) atoms. The van der Waals surface area contributed by atoms with E-state index in [-0.39, 0.29) is 17.9 Å². The molecular weight excluding hydrogens is 318 g/mol. The van der Waals surface area contributed by atoms with Crippen LogP contribution in [0.2, 0.25) is 0 Å². The summed E-state index contributed by atoms with van der Waals surface area (Å²) in [6.45, 7) is 0. The van der Waals surface area contributed by atoms with Gasteiger partial charge in [0.1, 0.15) is 5.58 Å². The molecule has 0 spiro atoms. The van der Waals surface area contributed by atoms with Gasteiger partial charge < -0.3 is 9.73 Å². The Balaban J connectivity index is 1.63. The highest BCUT2D eigenvalue weighted by Gasteiger charge is 2.12. The van der Waals surface area contributed by atoms with Crippen LogP contribution in [0.25, 0.3) is 21.7 Å². The summed E-state index contributed by atoms with van der Waals surface area (Å²) in [5.41, 5.74) is 1.85. The number of rotatable bonds is 3. The smallest absolute Gasteiger partial charge is 0.274 e. The molecule has 0 saturated heterocycles. The van der Waals surface area contributed by atoms with Gasteiger partial charge >= 0.3 is 0 Å². The van der Waals surface area contributed by atoms with Gasteiger partial charge in [0.05, 0.1) is 23.8 Å². The maximum Gasteiger partial charge on any atom is 0.274 e. The minimum Gasteiger partial charge on any atom is -0.464 e. The first-order valence-electron chi connectivity index (χ1n) is 7.84. The third-order valence-corrected chi connectivity index (χ3v) is 4.10. The maximum absolute atomic E-state index is 12.4. The standard InChI is InChI=1S/C19H15N3O3/c1-22-19(24)15-5-3-2-4-14(15)16(21-22)11-18(23)20-13-6-7-17-12(10-13)8-9-25-17/h2-10H,11H2,1H3,(H,20,23). The lowest BCUT2D eigenvalue weighted by atomic mass is 10.1. The van der Waals surface area contributed by atoms with Crippen LogP contribution < -0.4 is 10.9 Å². The minimum atomic E-state index is -0.195. The molecule has 1 amide bonds. The number of hydrogen-bond donors (Lipinski definition) is 1. The van der Waals surface area contributed by atoms with Crippen LogP contribution >= 0.6 is 0 Å². The summed E-state index contributed by atoms with van der Waals surface area (Å²) in [4.78, 5) is 24.6. The second kappa shape index (κ2) is 5.90. The van der Waals surface area contributed by atoms with Gasteiger partial charge in [0, 0.05) is 23.5 Å². The van der Waals surface area contributed by atoms with E-state index in [1.54, 1.807) is 31.5 Å². The van der Waals surface area contributed by atoms with Crippen molar-refractivity contribution in [2.45, 2.75) is 6.42 Å². The molecule has 6 heteroatoms. The first-order chi connectivity index (χ1) is 12.1. The molecule has 4 rings (SSSR count). The molecule has 6 nitrogen and oxygen atoms in total. The van der Waals surface area contributed by atoms with Crippen molar-refractivity contribution in [3.05, 3.63) is 70.8 Å². The Labute approximate surface area is 142 Å². The number of carbonyl (C=O) groups is 1. The summed E-state index contributed by atoms with van der Waals surface area (Å²) in [7, 11) is 1.59. The van der Waals surface area contributed by atoms with E-state index in [9.17, 15) is 9.59 Å². The van der Waals surface area contributed by atoms with Gasteiger partial charge in [0.15, 0.2) is 0 Å². The molecule has 0 unspecified atom stereocenters. The predicted molar refractivity (Wildman–Crippen MR) is 95.5 cm³/mol. The summed E-state index contributed by atoms with van der Waals surface area (Å²) < 4.78 is 6.56. The van der Waals surface area contributed by atoms with E-state index >= 15 is 0 Å². The van der Waals surface area contributed by atoms with Gasteiger partial charge in [-0.25, -0.2) is 4.68 Å². The molecule has 2 heterocycles. The molecule has 2 aromatic carbocycles. The lowest BCUT2D eigenvalue weighted by molar-refractivity contribution is -0.115. The molecular formula is C19H15N3O3. The first-order valence-corrected chi connectivity index (χ1v) is 7.84. The molecule has 2 aromatic heterocycles. The molecule has 0 aliphatic heterocycles. The average molecular weight is 333 g/mol. The van der Waals surface area contributed by atoms with Crippen molar-refractivity contribution in [2.24, 2.45) is 7.05 Å². The highest BCUT2D eigenvalue weighted by molar-refractivity contribution is 5.96. The fourth-order valence-electron chi connectivity index (χ4n) is 2.91. The van der Waals surface area contributed by atoms with E-state index in [1.807, 2.05) is 30.3 Å². The molecule has 1 N–H and O–H groups in total. The number of benzene rings is 2. The number of amides is 1. The number of carbonyl (C=O) groups excluding carboxylic acids is 1. The quantitative estimate of drug-likeness (QED) is 0.625. The number of aromatic nitrogens is 2. The van der Waals surface area contributed by atoms with Crippen molar-refractivity contribution in [3.8, 4) is 0 Å². The fourth-order valence-corrected chi connectivity index (χ4v) is 2.91. The zero-order valence-electron chi connectivity index (χ0n) is 13.5. The van der Waals surface area contributed by atoms with E-state index in [1.165, 1.54) is 4.68 Å². The Morgan fingerprint density at radius 1 is 1.16 bits per heavy atom. The normalized spacial score (nSPS) is 11.1.